The molecule has 0 spiro atoms. The molecule has 7 heteroatoms. The minimum Gasteiger partial charge on any atom is -0.497 e. The number of nitrogens with zero attached hydrogens (tertiary/aromatic N) is 1. The normalized spacial score (nSPS) is 9.72. The summed E-state index contributed by atoms with van der Waals surface area (Å²) in [6, 6.07) is 5.15. The van der Waals surface area contributed by atoms with Gasteiger partial charge in [-0.1, -0.05) is 0 Å². The topological polar surface area (TPSA) is 90.8 Å². The van der Waals surface area contributed by atoms with Crippen molar-refractivity contribution in [2.45, 2.75) is 6.42 Å². The van der Waals surface area contributed by atoms with Crippen LogP contribution in [0.4, 0.5) is 0 Å². The smallest absolute Gasteiger partial charge is 0.247 e. The van der Waals surface area contributed by atoms with E-state index in [2.05, 4.69) is 12.2 Å². The number of nitrogens with two attached hydrogens (primary N) is 2. The Balaban J connectivity index is 2.94. The number of hydrogen-bond donors (Lipinski definition) is 2. The molecule has 0 radical (unpaired) electrons. The Morgan fingerprint density at radius 1 is 1.39 bits per heavy atom. The van der Waals surface area contributed by atoms with Gasteiger partial charge >= 0.3 is 0 Å². The monoisotopic (exact) mass is 269 g/mol. The van der Waals surface area contributed by atoms with Crippen molar-refractivity contribution in [3.63, 3.8) is 0 Å². The van der Waals surface area contributed by atoms with Crippen LogP contribution in [0.15, 0.2) is 18.2 Å². The zero-order valence-electron chi connectivity index (χ0n) is 10.2. The number of benzene rings is 1. The number of carbonyl (C=O) groups excluding carboxylic acids is 1. The largest absolute Gasteiger partial charge is 0.497 e. The molecule has 0 saturated carbocycles. The average molecular weight is 269 g/mol. The van der Waals surface area contributed by atoms with Gasteiger partial charge in [0.25, 0.3) is 0 Å². The van der Waals surface area contributed by atoms with E-state index in [1.54, 1.807) is 18.2 Å². The Kier molecular flexibility index (Phi) is 4.87. The predicted octanol–water partition coefficient (Wildman–Crippen LogP) is 0.192. The first-order valence-electron chi connectivity index (χ1n) is 5.07. The van der Waals surface area contributed by atoms with E-state index in [9.17, 15) is 4.79 Å². The standard InChI is InChI=1S/C11H15N3O3S/c1-16-8-3-4-9(17-2)7(5-8)6-10(15)14(13)11(12)18/h3-5H,6,13H2,1-2H3,(H2,12,18). The Morgan fingerprint density at radius 2 is 2.06 bits per heavy atom. The maximum Gasteiger partial charge on any atom is 0.247 e. The summed E-state index contributed by atoms with van der Waals surface area (Å²) in [5, 5.41) is 0.552. The van der Waals surface area contributed by atoms with Gasteiger partial charge in [0.15, 0.2) is 5.11 Å². The van der Waals surface area contributed by atoms with Crippen LogP contribution in [0.1, 0.15) is 5.56 Å². The lowest BCUT2D eigenvalue weighted by Gasteiger charge is -2.15. The van der Waals surface area contributed by atoms with Crippen molar-refractivity contribution in [1.29, 1.82) is 0 Å². The molecule has 0 saturated heterocycles. The lowest BCUT2D eigenvalue weighted by molar-refractivity contribution is -0.126. The van der Waals surface area contributed by atoms with Crippen LogP contribution in [0, 0.1) is 0 Å². The number of carbonyl (C=O) groups is 1. The number of hydrogen-bond acceptors (Lipinski definition) is 5. The van der Waals surface area contributed by atoms with Gasteiger partial charge in [0, 0.05) is 5.56 Å². The molecule has 98 valence electrons. The molecule has 0 fully saturated rings. The number of methoxy groups -OCH3 is 2. The van der Waals surface area contributed by atoms with Crippen LogP contribution in [0.25, 0.3) is 0 Å². The third-order valence-electron chi connectivity index (χ3n) is 2.34. The highest BCUT2D eigenvalue weighted by molar-refractivity contribution is 7.80. The molecule has 6 nitrogen and oxygen atoms in total. The first-order valence-corrected chi connectivity index (χ1v) is 5.48. The second-order valence-electron chi connectivity index (χ2n) is 3.46. The van der Waals surface area contributed by atoms with Crippen LogP contribution in [-0.4, -0.2) is 30.2 Å². The fourth-order valence-corrected chi connectivity index (χ4v) is 1.49. The second kappa shape index (κ2) is 6.18. The lowest BCUT2D eigenvalue weighted by Crippen LogP contribution is -2.46. The van der Waals surface area contributed by atoms with Gasteiger partial charge < -0.3 is 15.2 Å². The maximum atomic E-state index is 11.8. The molecule has 0 aliphatic carbocycles. The average Bonchev–Trinajstić information content (AvgIpc) is 2.37. The van der Waals surface area contributed by atoms with Crippen LogP contribution in [0.5, 0.6) is 11.5 Å². The van der Waals surface area contributed by atoms with Crippen molar-refractivity contribution in [1.82, 2.24) is 5.01 Å². The maximum absolute atomic E-state index is 11.8. The number of rotatable bonds is 4. The summed E-state index contributed by atoms with van der Waals surface area (Å²) in [6.07, 6.45) is 0.0220. The molecular weight excluding hydrogens is 254 g/mol. The van der Waals surface area contributed by atoms with Gasteiger partial charge in [-0.25, -0.2) is 10.9 Å². The van der Waals surface area contributed by atoms with E-state index >= 15 is 0 Å². The zero-order valence-corrected chi connectivity index (χ0v) is 11.0. The fourth-order valence-electron chi connectivity index (χ4n) is 1.39. The lowest BCUT2D eigenvalue weighted by atomic mass is 10.1. The number of thiocarbonyl (C=S) groups is 1. The molecule has 0 unspecified atom stereocenters. The van der Waals surface area contributed by atoms with E-state index in [0.29, 0.717) is 17.1 Å². The number of amides is 1. The number of ether oxygens (including phenoxy) is 2. The molecule has 1 amide bonds. The van der Waals surface area contributed by atoms with Crippen molar-refractivity contribution in [3.05, 3.63) is 23.8 Å². The Morgan fingerprint density at radius 3 is 2.56 bits per heavy atom. The summed E-state index contributed by atoms with van der Waals surface area (Å²) in [5.74, 6) is 6.19. The van der Waals surface area contributed by atoms with Gasteiger partial charge in [0.05, 0.1) is 20.6 Å². The summed E-state index contributed by atoms with van der Waals surface area (Å²) in [4.78, 5) is 11.8. The second-order valence-corrected chi connectivity index (χ2v) is 3.87. The molecule has 0 bridgehead atoms. The van der Waals surface area contributed by atoms with Crippen molar-refractivity contribution in [3.8, 4) is 11.5 Å². The van der Waals surface area contributed by atoms with Crippen molar-refractivity contribution >= 4 is 23.2 Å². The third-order valence-corrected chi connectivity index (χ3v) is 2.53. The quantitative estimate of drug-likeness (QED) is 0.351. The van der Waals surface area contributed by atoms with Crippen LogP contribution >= 0.6 is 12.2 Å². The molecule has 0 aliphatic rings. The summed E-state index contributed by atoms with van der Waals surface area (Å²) in [6.45, 7) is 0. The summed E-state index contributed by atoms with van der Waals surface area (Å²) in [7, 11) is 3.06. The molecule has 1 aromatic carbocycles. The van der Waals surface area contributed by atoms with Crippen molar-refractivity contribution < 1.29 is 14.3 Å². The van der Waals surface area contributed by atoms with Gasteiger partial charge in [-0.15, -0.1) is 0 Å². The van der Waals surface area contributed by atoms with Crippen LogP contribution < -0.4 is 21.1 Å². The minimum absolute atomic E-state index is 0.0220. The highest BCUT2D eigenvalue weighted by atomic mass is 32.1. The molecule has 1 rings (SSSR count). The van der Waals surface area contributed by atoms with Crippen molar-refractivity contribution in [2.75, 3.05) is 14.2 Å². The van der Waals surface area contributed by atoms with Gasteiger partial charge in [-0.2, -0.15) is 0 Å². The summed E-state index contributed by atoms with van der Waals surface area (Å²) in [5.41, 5.74) is 5.92. The molecule has 4 N–H and O–H groups in total. The highest BCUT2D eigenvalue weighted by Crippen LogP contribution is 2.24. The van der Waals surface area contributed by atoms with Crippen molar-refractivity contribution in [2.24, 2.45) is 11.6 Å². The first-order chi connectivity index (χ1) is 8.49. The van der Waals surface area contributed by atoms with E-state index in [1.807, 2.05) is 0 Å². The third kappa shape index (κ3) is 3.31. The Labute approximate surface area is 110 Å². The van der Waals surface area contributed by atoms with Gasteiger partial charge in [0.1, 0.15) is 11.5 Å². The van der Waals surface area contributed by atoms with E-state index in [0.717, 1.165) is 5.01 Å². The van der Waals surface area contributed by atoms with E-state index in [-0.39, 0.29) is 11.5 Å². The van der Waals surface area contributed by atoms with E-state index in [1.165, 1.54) is 14.2 Å². The van der Waals surface area contributed by atoms with Crippen LogP contribution in [0.2, 0.25) is 0 Å². The molecule has 0 atom stereocenters. The van der Waals surface area contributed by atoms with Crippen LogP contribution in [0.3, 0.4) is 0 Å². The summed E-state index contributed by atoms with van der Waals surface area (Å²) >= 11 is 4.62. The van der Waals surface area contributed by atoms with Gasteiger partial charge in [-0.05, 0) is 30.4 Å². The zero-order chi connectivity index (χ0) is 13.7. The molecule has 0 aliphatic heterocycles. The predicted molar refractivity (Wildman–Crippen MR) is 71.1 cm³/mol. The molecule has 0 heterocycles. The molecule has 0 aromatic heterocycles. The van der Waals surface area contributed by atoms with Crippen LogP contribution in [-0.2, 0) is 11.2 Å². The SMILES string of the molecule is COc1ccc(OC)c(CC(=O)N(N)C(N)=S)c1. The number of hydrazine groups is 1. The van der Waals surface area contributed by atoms with Gasteiger partial charge in [-0.3, -0.25) is 4.79 Å². The highest BCUT2D eigenvalue weighted by Gasteiger charge is 2.15. The van der Waals surface area contributed by atoms with E-state index in [4.69, 9.17) is 21.1 Å². The summed E-state index contributed by atoms with van der Waals surface area (Å²) < 4.78 is 10.2. The van der Waals surface area contributed by atoms with E-state index < -0.39 is 5.91 Å². The fraction of sp³-hybridized carbons (Fsp3) is 0.273. The molecular formula is C11H15N3O3S. The minimum atomic E-state index is -0.422. The van der Waals surface area contributed by atoms with Gasteiger partial charge in [0.2, 0.25) is 5.91 Å². The Hall–Kier alpha value is -1.86. The first kappa shape index (κ1) is 14.2. The Bertz CT molecular complexity index is 465. The molecule has 1 aromatic rings. The molecule has 18 heavy (non-hydrogen) atoms.